The van der Waals surface area contributed by atoms with Crippen molar-refractivity contribution in [1.29, 1.82) is 0 Å². The van der Waals surface area contributed by atoms with E-state index < -0.39 is 6.10 Å². The molecule has 0 aliphatic heterocycles. The number of rotatable bonds is 8. The van der Waals surface area contributed by atoms with E-state index in [1.54, 1.807) is 25.6 Å². The van der Waals surface area contributed by atoms with Crippen molar-refractivity contribution in [3.63, 3.8) is 0 Å². The zero-order chi connectivity index (χ0) is 19.1. The van der Waals surface area contributed by atoms with Crippen molar-refractivity contribution in [3.05, 3.63) is 54.4 Å². The SMILES string of the molecule is C/C=C\c1ccc(OC[C@@H](O)Cn2nnc(-c3cccnc3)n2)c(OC)c1. The first kappa shape index (κ1) is 18.5. The van der Waals surface area contributed by atoms with Crippen molar-refractivity contribution in [1.82, 2.24) is 25.2 Å². The second kappa shape index (κ2) is 8.91. The van der Waals surface area contributed by atoms with Gasteiger partial charge in [0, 0.05) is 18.0 Å². The molecule has 0 saturated carbocycles. The highest BCUT2D eigenvalue weighted by molar-refractivity contribution is 5.55. The van der Waals surface area contributed by atoms with Crippen molar-refractivity contribution in [2.24, 2.45) is 0 Å². The number of tetrazole rings is 1. The Labute approximate surface area is 157 Å². The van der Waals surface area contributed by atoms with E-state index in [0.717, 1.165) is 11.1 Å². The van der Waals surface area contributed by atoms with Gasteiger partial charge in [0.25, 0.3) is 0 Å². The second-order valence-corrected chi connectivity index (χ2v) is 5.78. The lowest BCUT2D eigenvalue weighted by Gasteiger charge is -2.14. The smallest absolute Gasteiger partial charge is 0.206 e. The number of pyridine rings is 1. The van der Waals surface area contributed by atoms with Crippen molar-refractivity contribution in [2.75, 3.05) is 13.7 Å². The molecule has 27 heavy (non-hydrogen) atoms. The average Bonchev–Trinajstić information content (AvgIpc) is 3.16. The molecule has 140 valence electrons. The van der Waals surface area contributed by atoms with E-state index in [9.17, 15) is 5.11 Å². The Morgan fingerprint density at radius 3 is 2.89 bits per heavy atom. The lowest BCUT2D eigenvalue weighted by Crippen LogP contribution is -2.25. The number of methoxy groups -OCH3 is 1. The number of ether oxygens (including phenoxy) is 2. The van der Waals surface area contributed by atoms with Gasteiger partial charge >= 0.3 is 0 Å². The summed E-state index contributed by atoms with van der Waals surface area (Å²) in [5.74, 6) is 1.63. The minimum atomic E-state index is -0.805. The fourth-order valence-electron chi connectivity index (χ4n) is 2.46. The molecule has 1 atom stereocenters. The van der Waals surface area contributed by atoms with Gasteiger partial charge in [-0.1, -0.05) is 18.2 Å². The van der Waals surface area contributed by atoms with Gasteiger partial charge in [-0.15, -0.1) is 10.2 Å². The van der Waals surface area contributed by atoms with E-state index in [4.69, 9.17) is 9.47 Å². The van der Waals surface area contributed by atoms with Gasteiger partial charge in [0.1, 0.15) is 12.7 Å². The third kappa shape index (κ3) is 4.89. The number of aliphatic hydroxyl groups excluding tert-OH is 1. The maximum atomic E-state index is 10.2. The summed E-state index contributed by atoms with van der Waals surface area (Å²) >= 11 is 0. The van der Waals surface area contributed by atoms with E-state index in [1.165, 1.54) is 4.80 Å². The maximum Gasteiger partial charge on any atom is 0.206 e. The van der Waals surface area contributed by atoms with Crippen LogP contribution in [0.25, 0.3) is 17.5 Å². The van der Waals surface area contributed by atoms with Crippen molar-refractivity contribution in [2.45, 2.75) is 19.6 Å². The van der Waals surface area contributed by atoms with E-state index in [-0.39, 0.29) is 13.2 Å². The quantitative estimate of drug-likeness (QED) is 0.652. The molecule has 2 heterocycles. The van der Waals surface area contributed by atoms with Gasteiger partial charge in [0.15, 0.2) is 11.5 Å². The summed E-state index contributed by atoms with van der Waals surface area (Å²) < 4.78 is 11.0. The Morgan fingerprint density at radius 1 is 1.26 bits per heavy atom. The molecule has 0 unspecified atom stereocenters. The topological polar surface area (TPSA) is 95.2 Å². The summed E-state index contributed by atoms with van der Waals surface area (Å²) in [6.45, 7) is 2.18. The van der Waals surface area contributed by atoms with Crippen molar-refractivity contribution < 1.29 is 14.6 Å². The van der Waals surface area contributed by atoms with Crippen LogP contribution in [0.2, 0.25) is 0 Å². The lowest BCUT2D eigenvalue weighted by molar-refractivity contribution is 0.0836. The Kier molecular flexibility index (Phi) is 6.11. The minimum absolute atomic E-state index is 0.0725. The largest absolute Gasteiger partial charge is 0.493 e. The van der Waals surface area contributed by atoms with Crippen LogP contribution in [0.15, 0.2) is 48.8 Å². The van der Waals surface area contributed by atoms with Crippen LogP contribution in [-0.2, 0) is 6.54 Å². The molecule has 0 aliphatic rings. The fraction of sp³-hybridized carbons (Fsp3) is 0.263. The van der Waals surface area contributed by atoms with Crippen LogP contribution in [0.4, 0.5) is 0 Å². The molecule has 0 fully saturated rings. The highest BCUT2D eigenvalue weighted by Gasteiger charge is 2.13. The van der Waals surface area contributed by atoms with E-state index in [1.807, 2.05) is 43.3 Å². The van der Waals surface area contributed by atoms with Gasteiger partial charge in [0.2, 0.25) is 5.82 Å². The maximum absolute atomic E-state index is 10.2. The number of allylic oxidation sites excluding steroid dienone is 1. The summed E-state index contributed by atoms with van der Waals surface area (Å²) in [5.41, 5.74) is 1.78. The summed E-state index contributed by atoms with van der Waals surface area (Å²) in [4.78, 5) is 5.36. The van der Waals surface area contributed by atoms with Crippen LogP contribution >= 0.6 is 0 Å². The molecule has 8 heteroatoms. The van der Waals surface area contributed by atoms with Crippen molar-refractivity contribution >= 4 is 6.08 Å². The predicted octanol–water partition coefficient (Wildman–Crippen LogP) is 2.22. The molecule has 8 nitrogen and oxygen atoms in total. The van der Waals surface area contributed by atoms with Crippen molar-refractivity contribution in [3.8, 4) is 22.9 Å². The van der Waals surface area contributed by atoms with Gasteiger partial charge in [-0.25, -0.2) is 0 Å². The molecule has 1 N–H and O–H groups in total. The number of nitrogens with zero attached hydrogens (tertiary/aromatic N) is 5. The molecule has 0 amide bonds. The van der Waals surface area contributed by atoms with Crippen LogP contribution in [0.5, 0.6) is 11.5 Å². The molecule has 0 radical (unpaired) electrons. The standard InChI is InChI=1S/C19H21N5O3/c1-3-5-14-7-8-17(18(10-14)26-2)27-13-16(25)12-24-22-19(21-23-24)15-6-4-9-20-11-15/h3-11,16,25H,12-13H2,1-2H3/b5-3-/t16-/m0/s1. The normalized spacial score (nSPS) is 12.3. The monoisotopic (exact) mass is 367 g/mol. The summed E-state index contributed by atoms with van der Waals surface area (Å²) in [6.07, 6.45) is 6.45. The Balaban J connectivity index is 1.59. The first-order valence-corrected chi connectivity index (χ1v) is 8.49. The number of hydrogen-bond donors (Lipinski definition) is 1. The van der Waals surface area contributed by atoms with Gasteiger partial charge in [-0.05, 0) is 42.0 Å². The van der Waals surface area contributed by atoms with Crippen LogP contribution in [0, 0.1) is 0 Å². The molecule has 2 aromatic heterocycles. The van der Waals surface area contributed by atoms with E-state index >= 15 is 0 Å². The van der Waals surface area contributed by atoms with Crippen LogP contribution < -0.4 is 9.47 Å². The number of benzene rings is 1. The minimum Gasteiger partial charge on any atom is -0.493 e. The number of aromatic nitrogens is 5. The summed E-state index contributed by atoms with van der Waals surface area (Å²) in [7, 11) is 1.58. The van der Waals surface area contributed by atoms with E-state index in [2.05, 4.69) is 20.4 Å². The Hall–Kier alpha value is -3.26. The van der Waals surface area contributed by atoms with Gasteiger partial charge in [-0.2, -0.15) is 4.80 Å². The van der Waals surface area contributed by atoms with Crippen LogP contribution in [0.3, 0.4) is 0 Å². The molecular formula is C19H21N5O3. The second-order valence-electron chi connectivity index (χ2n) is 5.78. The Bertz CT molecular complexity index is 895. The molecule has 3 aromatic rings. The van der Waals surface area contributed by atoms with Crippen LogP contribution in [-0.4, -0.2) is 50.1 Å². The third-order valence-electron chi connectivity index (χ3n) is 3.72. The molecule has 0 bridgehead atoms. The molecule has 0 spiro atoms. The predicted molar refractivity (Wildman–Crippen MR) is 100 cm³/mol. The molecule has 3 rings (SSSR count). The number of aliphatic hydroxyl groups is 1. The van der Waals surface area contributed by atoms with Crippen LogP contribution in [0.1, 0.15) is 12.5 Å². The first-order valence-electron chi connectivity index (χ1n) is 8.49. The average molecular weight is 367 g/mol. The number of hydrogen-bond acceptors (Lipinski definition) is 7. The zero-order valence-electron chi connectivity index (χ0n) is 15.2. The van der Waals surface area contributed by atoms with E-state index in [0.29, 0.717) is 17.3 Å². The summed E-state index contributed by atoms with van der Waals surface area (Å²) in [5, 5.41) is 22.4. The van der Waals surface area contributed by atoms with Gasteiger partial charge in [0.05, 0.1) is 13.7 Å². The highest BCUT2D eigenvalue weighted by atomic mass is 16.5. The van der Waals surface area contributed by atoms with Gasteiger partial charge < -0.3 is 14.6 Å². The zero-order valence-corrected chi connectivity index (χ0v) is 15.2. The summed E-state index contributed by atoms with van der Waals surface area (Å²) in [6, 6.07) is 9.25. The highest BCUT2D eigenvalue weighted by Crippen LogP contribution is 2.28. The first-order chi connectivity index (χ1) is 13.2. The molecule has 0 saturated heterocycles. The fourth-order valence-corrected chi connectivity index (χ4v) is 2.46. The molecular weight excluding hydrogens is 346 g/mol. The van der Waals surface area contributed by atoms with Gasteiger partial charge in [-0.3, -0.25) is 4.98 Å². The Morgan fingerprint density at radius 2 is 2.15 bits per heavy atom. The third-order valence-corrected chi connectivity index (χ3v) is 3.72. The lowest BCUT2D eigenvalue weighted by atomic mass is 10.2. The molecule has 1 aromatic carbocycles. The molecule has 0 aliphatic carbocycles.